The fourth-order valence-electron chi connectivity index (χ4n) is 1.93. The molecule has 4 nitrogen and oxygen atoms in total. The van der Waals surface area contributed by atoms with Gasteiger partial charge in [0.25, 0.3) is 0 Å². The standard InChI is InChI=1S/C14H10FN3OS/c15-12-3-1-2-10(6-12)7-18-8-11(9-19)13(17-18)14-16-4-5-20-14/h1-6,8-9H,7H2. The molecule has 6 heteroatoms. The van der Waals surface area contributed by atoms with Gasteiger partial charge >= 0.3 is 0 Å². The van der Waals surface area contributed by atoms with Crippen molar-refractivity contribution in [2.45, 2.75) is 6.54 Å². The number of aromatic nitrogens is 3. The summed E-state index contributed by atoms with van der Waals surface area (Å²) in [7, 11) is 0. The zero-order chi connectivity index (χ0) is 13.9. The van der Waals surface area contributed by atoms with E-state index in [2.05, 4.69) is 10.1 Å². The lowest BCUT2D eigenvalue weighted by atomic mass is 10.2. The van der Waals surface area contributed by atoms with E-state index in [1.165, 1.54) is 23.5 Å². The van der Waals surface area contributed by atoms with Gasteiger partial charge in [-0.05, 0) is 17.7 Å². The maximum atomic E-state index is 13.1. The number of halogens is 1. The van der Waals surface area contributed by atoms with Crippen molar-refractivity contribution in [1.29, 1.82) is 0 Å². The van der Waals surface area contributed by atoms with E-state index in [4.69, 9.17) is 0 Å². The average molecular weight is 287 g/mol. The molecular weight excluding hydrogens is 277 g/mol. The van der Waals surface area contributed by atoms with Crippen molar-refractivity contribution in [3.8, 4) is 10.7 Å². The Morgan fingerprint density at radius 3 is 3.00 bits per heavy atom. The van der Waals surface area contributed by atoms with Gasteiger partial charge in [-0.15, -0.1) is 11.3 Å². The Bertz CT molecular complexity index is 737. The lowest BCUT2D eigenvalue weighted by molar-refractivity contribution is 0.112. The fourth-order valence-corrected chi connectivity index (χ4v) is 2.58. The van der Waals surface area contributed by atoms with Crippen LogP contribution < -0.4 is 0 Å². The molecule has 2 heterocycles. The third-order valence-electron chi connectivity index (χ3n) is 2.79. The second-order valence-corrected chi connectivity index (χ2v) is 5.11. The number of hydrogen-bond acceptors (Lipinski definition) is 4. The molecule has 3 rings (SSSR count). The maximum Gasteiger partial charge on any atom is 0.153 e. The summed E-state index contributed by atoms with van der Waals surface area (Å²) >= 11 is 1.42. The smallest absolute Gasteiger partial charge is 0.153 e. The van der Waals surface area contributed by atoms with Crippen molar-refractivity contribution in [2.75, 3.05) is 0 Å². The van der Waals surface area contributed by atoms with Gasteiger partial charge in [0, 0.05) is 17.8 Å². The number of rotatable bonds is 4. The van der Waals surface area contributed by atoms with Crippen LogP contribution in [0.15, 0.2) is 42.0 Å². The van der Waals surface area contributed by atoms with Crippen LogP contribution in [0.1, 0.15) is 15.9 Å². The topological polar surface area (TPSA) is 47.8 Å². The monoisotopic (exact) mass is 287 g/mol. The van der Waals surface area contributed by atoms with Crippen LogP contribution in [0, 0.1) is 5.82 Å². The van der Waals surface area contributed by atoms with Crippen LogP contribution in [-0.4, -0.2) is 21.1 Å². The molecule has 0 saturated heterocycles. The molecule has 0 aliphatic carbocycles. The molecule has 3 aromatic rings. The molecule has 0 aliphatic heterocycles. The van der Waals surface area contributed by atoms with Gasteiger partial charge in [0.2, 0.25) is 0 Å². The number of hydrogen-bond donors (Lipinski definition) is 0. The van der Waals surface area contributed by atoms with E-state index in [1.54, 1.807) is 23.1 Å². The summed E-state index contributed by atoms with van der Waals surface area (Å²) in [5, 5.41) is 6.89. The summed E-state index contributed by atoms with van der Waals surface area (Å²) in [6.07, 6.45) is 4.07. The number of thiazole rings is 1. The van der Waals surface area contributed by atoms with Gasteiger partial charge in [0.15, 0.2) is 6.29 Å². The van der Waals surface area contributed by atoms with Crippen molar-refractivity contribution >= 4 is 17.6 Å². The van der Waals surface area contributed by atoms with Crippen LogP contribution in [0.4, 0.5) is 4.39 Å². The molecule has 100 valence electrons. The molecule has 0 unspecified atom stereocenters. The molecule has 0 atom stereocenters. The van der Waals surface area contributed by atoms with Gasteiger partial charge in [0.1, 0.15) is 16.5 Å². The third kappa shape index (κ3) is 2.50. The second kappa shape index (κ2) is 5.34. The minimum absolute atomic E-state index is 0.287. The molecule has 0 fully saturated rings. The first-order chi connectivity index (χ1) is 9.76. The van der Waals surface area contributed by atoms with Gasteiger partial charge in [0.05, 0.1) is 12.1 Å². The quantitative estimate of drug-likeness (QED) is 0.693. The Balaban J connectivity index is 1.93. The van der Waals surface area contributed by atoms with Gasteiger partial charge in [-0.1, -0.05) is 12.1 Å². The highest BCUT2D eigenvalue weighted by Gasteiger charge is 2.13. The van der Waals surface area contributed by atoms with E-state index in [0.717, 1.165) is 11.8 Å². The van der Waals surface area contributed by atoms with E-state index in [1.807, 2.05) is 11.4 Å². The summed E-state index contributed by atoms with van der Waals surface area (Å²) < 4.78 is 14.8. The predicted molar refractivity (Wildman–Crippen MR) is 74.2 cm³/mol. The minimum atomic E-state index is -0.287. The number of aldehydes is 1. The molecule has 0 saturated carbocycles. The molecule has 0 spiro atoms. The predicted octanol–water partition coefficient (Wildman–Crippen LogP) is 3.01. The van der Waals surface area contributed by atoms with Gasteiger partial charge in [-0.3, -0.25) is 9.48 Å². The van der Waals surface area contributed by atoms with Crippen LogP contribution in [0.3, 0.4) is 0 Å². The third-order valence-corrected chi connectivity index (χ3v) is 3.57. The highest BCUT2D eigenvalue weighted by atomic mass is 32.1. The Morgan fingerprint density at radius 1 is 1.40 bits per heavy atom. The van der Waals surface area contributed by atoms with E-state index >= 15 is 0 Å². The normalized spacial score (nSPS) is 10.7. The van der Waals surface area contributed by atoms with Gasteiger partial charge in [-0.2, -0.15) is 5.10 Å². The van der Waals surface area contributed by atoms with Crippen LogP contribution in [0.5, 0.6) is 0 Å². The number of carbonyl (C=O) groups is 1. The summed E-state index contributed by atoms with van der Waals surface area (Å²) in [5.41, 5.74) is 1.83. The molecular formula is C14H10FN3OS. The Hall–Kier alpha value is -2.34. The molecule has 0 N–H and O–H groups in total. The van der Waals surface area contributed by atoms with Crippen molar-refractivity contribution in [2.24, 2.45) is 0 Å². The lowest BCUT2D eigenvalue weighted by Crippen LogP contribution is -2.00. The summed E-state index contributed by atoms with van der Waals surface area (Å²) in [6.45, 7) is 0.407. The van der Waals surface area contributed by atoms with Gasteiger partial charge < -0.3 is 0 Å². The van der Waals surface area contributed by atoms with Crippen molar-refractivity contribution in [3.05, 3.63) is 59.0 Å². The number of carbonyl (C=O) groups excluding carboxylic acids is 1. The largest absolute Gasteiger partial charge is 0.298 e. The first kappa shape index (κ1) is 12.7. The van der Waals surface area contributed by atoms with Crippen molar-refractivity contribution < 1.29 is 9.18 Å². The maximum absolute atomic E-state index is 13.1. The van der Waals surface area contributed by atoms with E-state index in [0.29, 0.717) is 22.8 Å². The molecule has 2 aromatic heterocycles. The SMILES string of the molecule is O=Cc1cn(Cc2cccc(F)c2)nc1-c1nccs1. The molecule has 0 radical (unpaired) electrons. The van der Waals surface area contributed by atoms with E-state index in [-0.39, 0.29) is 5.82 Å². The molecule has 0 bridgehead atoms. The first-order valence-corrected chi connectivity index (χ1v) is 6.81. The Morgan fingerprint density at radius 2 is 2.30 bits per heavy atom. The zero-order valence-electron chi connectivity index (χ0n) is 10.4. The Labute approximate surface area is 118 Å². The van der Waals surface area contributed by atoms with Crippen LogP contribution in [0.25, 0.3) is 10.7 Å². The van der Waals surface area contributed by atoms with E-state index in [9.17, 15) is 9.18 Å². The van der Waals surface area contributed by atoms with Crippen molar-refractivity contribution in [1.82, 2.24) is 14.8 Å². The van der Waals surface area contributed by atoms with E-state index < -0.39 is 0 Å². The highest BCUT2D eigenvalue weighted by molar-refractivity contribution is 7.13. The summed E-state index contributed by atoms with van der Waals surface area (Å²) in [6, 6.07) is 6.31. The molecule has 0 aliphatic rings. The van der Waals surface area contributed by atoms with Gasteiger partial charge in [-0.25, -0.2) is 9.37 Å². The van der Waals surface area contributed by atoms with Crippen LogP contribution in [0.2, 0.25) is 0 Å². The lowest BCUT2D eigenvalue weighted by Gasteiger charge is -2.01. The van der Waals surface area contributed by atoms with Crippen LogP contribution in [-0.2, 0) is 6.54 Å². The van der Waals surface area contributed by atoms with Crippen LogP contribution >= 0.6 is 11.3 Å². The summed E-state index contributed by atoms with van der Waals surface area (Å²) in [4.78, 5) is 15.3. The molecule has 20 heavy (non-hydrogen) atoms. The summed E-state index contributed by atoms with van der Waals surface area (Å²) in [5.74, 6) is -0.287. The first-order valence-electron chi connectivity index (χ1n) is 5.93. The zero-order valence-corrected chi connectivity index (χ0v) is 11.2. The Kier molecular flexibility index (Phi) is 3.39. The second-order valence-electron chi connectivity index (χ2n) is 4.22. The molecule has 1 aromatic carbocycles. The van der Waals surface area contributed by atoms with Crippen molar-refractivity contribution in [3.63, 3.8) is 0 Å². The molecule has 0 amide bonds. The minimum Gasteiger partial charge on any atom is -0.298 e. The number of nitrogens with zero attached hydrogens (tertiary/aromatic N) is 3. The number of benzene rings is 1. The fraction of sp³-hybridized carbons (Fsp3) is 0.0714. The average Bonchev–Trinajstić information content (AvgIpc) is 3.06. The highest BCUT2D eigenvalue weighted by Crippen LogP contribution is 2.23.